The first-order valence-electron chi connectivity index (χ1n) is 8.44. The van der Waals surface area contributed by atoms with Crippen LogP contribution in [-0.4, -0.2) is 57.2 Å². The van der Waals surface area contributed by atoms with Crippen molar-refractivity contribution in [2.45, 2.75) is 57.5 Å². The van der Waals surface area contributed by atoms with Gasteiger partial charge in [-0.1, -0.05) is 13.3 Å². The van der Waals surface area contributed by atoms with Crippen LogP contribution >= 0.6 is 0 Å². The lowest BCUT2D eigenvalue weighted by atomic mass is 9.93. The maximum atomic E-state index is 11.5. The van der Waals surface area contributed by atoms with E-state index in [9.17, 15) is 8.42 Å². The maximum absolute atomic E-state index is 11.5. The predicted octanol–water partition coefficient (Wildman–Crippen LogP) is 1.17. The molecule has 6 heteroatoms. The van der Waals surface area contributed by atoms with Gasteiger partial charge in [0.2, 0.25) is 10.0 Å². The fraction of sp³-hybridized carbons (Fsp3) is 1.00. The number of nitrogens with one attached hydrogen (secondary N) is 2. The second kappa shape index (κ2) is 7.90. The van der Waals surface area contributed by atoms with Gasteiger partial charge in [0.05, 0.1) is 6.26 Å². The summed E-state index contributed by atoms with van der Waals surface area (Å²) in [4.78, 5) is 0. The van der Waals surface area contributed by atoms with Gasteiger partial charge in [0.25, 0.3) is 0 Å². The van der Waals surface area contributed by atoms with Gasteiger partial charge in [-0.25, -0.2) is 12.7 Å². The van der Waals surface area contributed by atoms with Crippen molar-refractivity contribution in [3.05, 3.63) is 0 Å². The smallest absolute Gasteiger partial charge is 0.211 e. The number of nitrogens with zero attached hydrogens (tertiary/aromatic N) is 1. The third-order valence-corrected chi connectivity index (χ3v) is 6.38. The summed E-state index contributed by atoms with van der Waals surface area (Å²) >= 11 is 0. The van der Waals surface area contributed by atoms with E-state index in [2.05, 4.69) is 10.6 Å². The fourth-order valence-corrected chi connectivity index (χ4v) is 4.83. The van der Waals surface area contributed by atoms with Crippen molar-refractivity contribution < 1.29 is 8.42 Å². The molecule has 0 aromatic carbocycles. The van der Waals surface area contributed by atoms with Crippen molar-refractivity contribution in [2.24, 2.45) is 5.92 Å². The molecule has 0 aromatic heterocycles. The Balaban J connectivity index is 1.70. The van der Waals surface area contributed by atoms with E-state index < -0.39 is 10.0 Å². The average Bonchev–Trinajstić information content (AvgIpc) is 3.07. The molecule has 1 saturated heterocycles. The Morgan fingerprint density at radius 1 is 1.24 bits per heavy atom. The molecule has 2 aliphatic rings. The largest absolute Gasteiger partial charge is 0.314 e. The molecule has 0 bridgehead atoms. The van der Waals surface area contributed by atoms with E-state index in [0.29, 0.717) is 25.2 Å². The van der Waals surface area contributed by atoms with Crippen LogP contribution in [0.2, 0.25) is 0 Å². The van der Waals surface area contributed by atoms with Crippen molar-refractivity contribution in [3.63, 3.8) is 0 Å². The fourth-order valence-electron chi connectivity index (χ4n) is 3.90. The maximum Gasteiger partial charge on any atom is 0.211 e. The van der Waals surface area contributed by atoms with Gasteiger partial charge in [-0.3, -0.25) is 0 Å². The van der Waals surface area contributed by atoms with E-state index in [4.69, 9.17) is 0 Å². The van der Waals surface area contributed by atoms with E-state index in [0.717, 1.165) is 18.9 Å². The predicted molar refractivity (Wildman–Crippen MR) is 86.9 cm³/mol. The molecule has 21 heavy (non-hydrogen) atoms. The highest BCUT2D eigenvalue weighted by molar-refractivity contribution is 7.88. The Morgan fingerprint density at radius 3 is 2.67 bits per heavy atom. The van der Waals surface area contributed by atoms with Crippen LogP contribution in [0.25, 0.3) is 0 Å². The molecule has 0 radical (unpaired) electrons. The molecule has 0 aromatic rings. The topological polar surface area (TPSA) is 61.4 Å². The van der Waals surface area contributed by atoms with E-state index in [1.807, 2.05) is 6.92 Å². The second-order valence-corrected chi connectivity index (χ2v) is 8.45. The molecule has 0 amide bonds. The minimum atomic E-state index is -3.04. The van der Waals surface area contributed by atoms with Gasteiger partial charge in [0.1, 0.15) is 0 Å². The first kappa shape index (κ1) is 17.2. The molecule has 5 nitrogen and oxygen atoms in total. The minimum Gasteiger partial charge on any atom is -0.314 e. The van der Waals surface area contributed by atoms with Gasteiger partial charge in [-0.15, -0.1) is 0 Å². The lowest BCUT2D eigenvalue weighted by Crippen LogP contribution is -2.43. The van der Waals surface area contributed by atoms with E-state index in [1.165, 1.54) is 44.9 Å². The quantitative estimate of drug-likeness (QED) is 0.660. The number of sulfonamides is 1. The average molecular weight is 317 g/mol. The summed E-state index contributed by atoms with van der Waals surface area (Å²) in [7, 11) is -3.04. The van der Waals surface area contributed by atoms with Gasteiger partial charge in [0, 0.05) is 25.2 Å². The molecule has 2 rings (SSSR count). The van der Waals surface area contributed by atoms with Crippen LogP contribution in [0.4, 0.5) is 0 Å². The molecule has 3 atom stereocenters. The van der Waals surface area contributed by atoms with Gasteiger partial charge >= 0.3 is 0 Å². The normalized spacial score (nSPS) is 30.3. The van der Waals surface area contributed by atoms with Crippen LogP contribution in [0, 0.1) is 5.92 Å². The molecule has 3 unspecified atom stereocenters. The molecule has 2 N–H and O–H groups in total. The summed E-state index contributed by atoms with van der Waals surface area (Å²) in [6, 6.07) is 1.32. The summed E-state index contributed by atoms with van der Waals surface area (Å²) < 4.78 is 24.6. The van der Waals surface area contributed by atoms with Crippen molar-refractivity contribution in [2.75, 3.05) is 32.4 Å². The summed E-state index contributed by atoms with van der Waals surface area (Å²) in [5.41, 5.74) is 0. The summed E-state index contributed by atoms with van der Waals surface area (Å²) in [5.74, 6) is 0.768. The zero-order chi connectivity index (χ0) is 15.3. The van der Waals surface area contributed by atoms with Gasteiger partial charge in [-0.2, -0.15) is 0 Å². The molecule has 1 saturated carbocycles. The van der Waals surface area contributed by atoms with Crippen LogP contribution in [-0.2, 0) is 10.0 Å². The standard InChI is InChI=1S/C15H31N3O2S/c1-3-18(21(2,19)20)12-6-11-17-14-8-4-7-13(14)15-9-5-10-16-15/h13-17H,3-12H2,1-2H3. The molecular weight excluding hydrogens is 286 g/mol. The third kappa shape index (κ3) is 4.91. The van der Waals surface area contributed by atoms with Gasteiger partial charge < -0.3 is 10.6 Å². The van der Waals surface area contributed by atoms with Gasteiger partial charge in [-0.05, 0) is 51.1 Å². The molecule has 0 spiro atoms. The first-order chi connectivity index (χ1) is 10.0. The van der Waals surface area contributed by atoms with Crippen LogP contribution in [0.15, 0.2) is 0 Å². The molecule has 1 aliphatic heterocycles. The molecule has 1 aliphatic carbocycles. The zero-order valence-electron chi connectivity index (χ0n) is 13.5. The lowest BCUT2D eigenvalue weighted by Gasteiger charge is -2.27. The van der Waals surface area contributed by atoms with Crippen LogP contribution in [0.1, 0.15) is 45.4 Å². The molecular formula is C15H31N3O2S. The number of hydrogen-bond donors (Lipinski definition) is 2. The summed E-state index contributed by atoms with van der Waals surface area (Å²) in [6.45, 7) is 5.18. The first-order valence-corrected chi connectivity index (χ1v) is 10.3. The second-order valence-electron chi connectivity index (χ2n) is 6.47. The zero-order valence-corrected chi connectivity index (χ0v) is 14.3. The molecule has 2 fully saturated rings. The summed E-state index contributed by atoms with van der Waals surface area (Å²) in [5, 5.41) is 7.32. The highest BCUT2D eigenvalue weighted by atomic mass is 32.2. The molecule has 124 valence electrons. The van der Waals surface area contributed by atoms with Crippen LogP contribution in [0.3, 0.4) is 0 Å². The van der Waals surface area contributed by atoms with E-state index >= 15 is 0 Å². The highest BCUT2D eigenvalue weighted by Crippen LogP contribution is 2.31. The SMILES string of the molecule is CCN(CCCNC1CCCC1C1CCCN1)S(C)(=O)=O. The Kier molecular flexibility index (Phi) is 6.47. The van der Waals surface area contributed by atoms with Crippen molar-refractivity contribution >= 4 is 10.0 Å². The van der Waals surface area contributed by atoms with Crippen molar-refractivity contribution in [1.82, 2.24) is 14.9 Å². The monoisotopic (exact) mass is 317 g/mol. The lowest BCUT2D eigenvalue weighted by molar-refractivity contribution is 0.316. The van der Waals surface area contributed by atoms with Crippen molar-refractivity contribution in [1.29, 1.82) is 0 Å². The van der Waals surface area contributed by atoms with Crippen molar-refractivity contribution in [3.8, 4) is 0 Å². The summed E-state index contributed by atoms with van der Waals surface area (Å²) in [6.07, 6.45) is 8.75. The van der Waals surface area contributed by atoms with E-state index in [-0.39, 0.29) is 0 Å². The number of hydrogen-bond acceptors (Lipinski definition) is 4. The van der Waals surface area contributed by atoms with Gasteiger partial charge in [0.15, 0.2) is 0 Å². The Hall–Kier alpha value is -0.170. The highest BCUT2D eigenvalue weighted by Gasteiger charge is 2.34. The van der Waals surface area contributed by atoms with Crippen LogP contribution in [0.5, 0.6) is 0 Å². The molecule has 1 heterocycles. The Labute approximate surface area is 129 Å². The minimum absolute atomic E-state index is 0.566. The third-order valence-electron chi connectivity index (χ3n) is 5.00. The van der Waals surface area contributed by atoms with E-state index in [1.54, 1.807) is 4.31 Å². The number of rotatable bonds is 8. The van der Waals surface area contributed by atoms with Crippen LogP contribution < -0.4 is 10.6 Å². The Morgan fingerprint density at radius 2 is 2.05 bits per heavy atom. The Bertz CT molecular complexity index is 407.